The summed E-state index contributed by atoms with van der Waals surface area (Å²) in [6, 6.07) is 5.72. The Morgan fingerprint density at radius 2 is 2.00 bits per heavy atom. The number of hydrogen-bond donors (Lipinski definition) is 1. The molecule has 80 valence electrons. The molecule has 0 unspecified atom stereocenters. The van der Waals surface area contributed by atoms with Gasteiger partial charge in [0.2, 0.25) is 0 Å². The highest BCUT2D eigenvalue weighted by Crippen LogP contribution is 2.31. The predicted octanol–water partition coefficient (Wildman–Crippen LogP) is 3.06. The minimum absolute atomic E-state index is 0.694. The van der Waals surface area contributed by atoms with Crippen molar-refractivity contribution in [2.75, 3.05) is 0 Å². The van der Waals surface area contributed by atoms with Crippen molar-refractivity contribution in [1.29, 1.82) is 0 Å². The van der Waals surface area contributed by atoms with Crippen molar-refractivity contribution in [2.45, 2.75) is 19.4 Å². The molecule has 2 rings (SSSR count). The Morgan fingerprint density at radius 1 is 1.33 bits per heavy atom. The SMILES string of the molecule is Cn1cc(C(C)(C)O)c2cc(Cl)ccc21. The van der Waals surface area contributed by atoms with Gasteiger partial charge in [0.05, 0.1) is 5.60 Å². The number of rotatable bonds is 1. The van der Waals surface area contributed by atoms with Crippen molar-refractivity contribution in [1.82, 2.24) is 4.57 Å². The van der Waals surface area contributed by atoms with Gasteiger partial charge in [-0.25, -0.2) is 0 Å². The molecule has 0 aliphatic rings. The van der Waals surface area contributed by atoms with Crippen molar-refractivity contribution in [2.24, 2.45) is 7.05 Å². The molecule has 1 aromatic carbocycles. The van der Waals surface area contributed by atoms with E-state index >= 15 is 0 Å². The second-order valence-corrected chi connectivity index (χ2v) is 4.81. The topological polar surface area (TPSA) is 25.2 Å². The summed E-state index contributed by atoms with van der Waals surface area (Å²) in [5.41, 5.74) is 1.14. The second kappa shape index (κ2) is 3.26. The summed E-state index contributed by atoms with van der Waals surface area (Å²) in [5.74, 6) is 0. The molecule has 0 aliphatic heterocycles. The van der Waals surface area contributed by atoms with Crippen LogP contribution in [-0.4, -0.2) is 9.67 Å². The number of aliphatic hydroxyl groups is 1. The van der Waals surface area contributed by atoms with E-state index in [9.17, 15) is 5.11 Å². The van der Waals surface area contributed by atoms with Gasteiger partial charge in [0.15, 0.2) is 0 Å². The fraction of sp³-hybridized carbons (Fsp3) is 0.333. The summed E-state index contributed by atoms with van der Waals surface area (Å²) < 4.78 is 2.00. The lowest BCUT2D eigenvalue weighted by atomic mass is 9.98. The van der Waals surface area contributed by atoms with Gasteiger partial charge in [0.1, 0.15) is 0 Å². The van der Waals surface area contributed by atoms with E-state index in [4.69, 9.17) is 11.6 Å². The van der Waals surface area contributed by atoms with Gasteiger partial charge in [0.25, 0.3) is 0 Å². The average Bonchev–Trinajstić information content (AvgIpc) is 2.42. The summed E-state index contributed by atoms with van der Waals surface area (Å²) in [6.45, 7) is 3.56. The summed E-state index contributed by atoms with van der Waals surface area (Å²) in [7, 11) is 1.96. The van der Waals surface area contributed by atoms with Gasteiger partial charge < -0.3 is 9.67 Å². The summed E-state index contributed by atoms with van der Waals surface area (Å²) in [6.07, 6.45) is 1.95. The molecule has 0 saturated heterocycles. The third kappa shape index (κ3) is 1.75. The lowest BCUT2D eigenvalue weighted by Gasteiger charge is -2.16. The first-order chi connectivity index (χ1) is 6.89. The van der Waals surface area contributed by atoms with E-state index in [0.29, 0.717) is 5.02 Å². The van der Waals surface area contributed by atoms with Crippen molar-refractivity contribution in [3.63, 3.8) is 0 Å². The van der Waals surface area contributed by atoms with Crippen LogP contribution in [0.2, 0.25) is 5.02 Å². The van der Waals surface area contributed by atoms with Crippen LogP contribution >= 0.6 is 11.6 Å². The number of fused-ring (bicyclic) bond motifs is 1. The van der Waals surface area contributed by atoms with E-state index in [1.807, 2.05) is 36.0 Å². The molecule has 0 atom stereocenters. The molecule has 0 bridgehead atoms. The van der Waals surface area contributed by atoms with E-state index in [2.05, 4.69) is 0 Å². The van der Waals surface area contributed by atoms with Gasteiger partial charge in [-0.05, 0) is 32.0 Å². The molecule has 1 N–H and O–H groups in total. The Labute approximate surface area is 94.1 Å². The van der Waals surface area contributed by atoms with Crippen molar-refractivity contribution >= 4 is 22.5 Å². The Bertz CT molecular complexity index is 508. The third-order valence-electron chi connectivity index (χ3n) is 2.61. The summed E-state index contributed by atoms with van der Waals surface area (Å²) in [5, 5.41) is 11.7. The standard InChI is InChI=1S/C12H14ClNO/c1-12(2,15)10-7-14(3)11-5-4-8(13)6-9(10)11/h4-7,15H,1-3H3. The second-order valence-electron chi connectivity index (χ2n) is 4.37. The van der Waals surface area contributed by atoms with Gasteiger partial charge in [-0.3, -0.25) is 0 Å². The van der Waals surface area contributed by atoms with Crippen LogP contribution in [0, 0.1) is 0 Å². The molecule has 1 heterocycles. The zero-order valence-corrected chi connectivity index (χ0v) is 9.84. The molecule has 2 nitrogen and oxygen atoms in total. The molecular weight excluding hydrogens is 210 g/mol. The molecule has 0 radical (unpaired) electrons. The molecular formula is C12H14ClNO. The molecule has 0 fully saturated rings. The molecule has 0 saturated carbocycles. The summed E-state index contributed by atoms with van der Waals surface area (Å²) >= 11 is 5.96. The highest BCUT2D eigenvalue weighted by Gasteiger charge is 2.21. The Morgan fingerprint density at radius 3 is 2.60 bits per heavy atom. The highest BCUT2D eigenvalue weighted by atomic mass is 35.5. The van der Waals surface area contributed by atoms with E-state index in [1.165, 1.54) is 0 Å². The van der Waals surface area contributed by atoms with Crippen LogP contribution < -0.4 is 0 Å². The number of halogens is 1. The Balaban J connectivity index is 2.81. The lowest BCUT2D eigenvalue weighted by molar-refractivity contribution is 0.0800. The highest BCUT2D eigenvalue weighted by molar-refractivity contribution is 6.31. The number of nitrogens with zero attached hydrogens (tertiary/aromatic N) is 1. The number of aryl methyl sites for hydroxylation is 1. The zero-order chi connectivity index (χ0) is 11.2. The fourth-order valence-corrected chi connectivity index (χ4v) is 2.02. The number of hydrogen-bond acceptors (Lipinski definition) is 1. The van der Waals surface area contributed by atoms with Crippen molar-refractivity contribution < 1.29 is 5.11 Å². The molecule has 3 heteroatoms. The maximum Gasteiger partial charge on any atom is 0.0861 e. The zero-order valence-electron chi connectivity index (χ0n) is 9.08. The maximum absolute atomic E-state index is 10.0. The van der Waals surface area contributed by atoms with Crippen LogP contribution in [0.1, 0.15) is 19.4 Å². The molecule has 15 heavy (non-hydrogen) atoms. The van der Waals surface area contributed by atoms with Crippen LogP contribution in [0.4, 0.5) is 0 Å². The van der Waals surface area contributed by atoms with Crippen LogP contribution in [0.5, 0.6) is 0 Å². The lowest BCUT2D eigenvalue weighted by Crippen LogP contribution is -2.14. The monoisotopic (exact) mass is 223 g/mol. The minimum atomic E-state index is -0.843. The molecule has 0 spiro atoms. The largest absolute Gasteiger partial charge is 0.386 e. The number of aromatic nitrogens is 1. The summed E-state index contributed by atoms with van der Waals surface area (Å²) in [4.78, 5) is 0. The number of benzene rings is 1. The van der Waals surface area contributed by atoms with E-state index in [0.717, 1.165) is 16.5 Å². The molecule has 2 aromatic rings. The molecule has 0 aliphatic carbocycles. The Hall–Kier alpha value is -0.990. The van der Waals surface area contributed by atoms with Crippen molar-refractivity contribution in [3.8, 4) is 0 Å². The van der Waals surface area contributed by atoms with Crippen molar-refractivity contribution in [3.05, 3.63) is 35.0 Å². The van der Waals surface area contributed by atoms with Crippen LogP contribution in [-0.2, 0) is 12.6 Å². The smallest absolute Gasteiger partial charge is 0.0861 e. The molecule has 0 amide bonds. The van der Waals surface area contributed by atoms with Gasteiger partial charge in [-0.2, -0.15) is 0 Å². The average molecular weight is 224 g/mol. The van der Waals surface area contributed by atoms with Gasteiger partial charge in [-0.15, -0.1) is 0 Å². The van der Waals surface area contributed by atoms with Gasteiger partial charge >= 0.3 is 0 Å². The van der Waals surface area contributed by atoms with E-state index < -0.39 is 5.60 Å². The van der Waals surface area contributed by atoms with Crippen LogP contribution in [0.3, 0.4) is 0 Å². The maximum atomic E-state index is 10.0. The quantitative estimate of drug-likeness (QED) is 0.790. The third-order valence-corrected chi connectivity index (χ3v) is 2.85. The fourth-order valence-electron chi connectivity index (χ4n) is 1.85. The van der Waals surface area contributed by atoms with E-state index in [1.54, 1.807) is 13.8 Å². The molecule has 1 aromatic heterocycles. The first-order valence-electron chi connectivity index (χ1n) is 4.87. The van der Waals surface area contributed by atoms with Gasteiger partial charge in [0, 0.05) is 34.7 Å². The first-order valence-corrected chi connectivity index (χ1v) is 5.25. The minimum Gasteiger partial charge on any atom is -0.386 e. The van der Waals surface area contributed by atoms with E-state index in [-0.39, 0.29) is 0 Å². The van der Waals surface area contributed by atoms with Crippen LogP contribution in [0.25, 0.3) is 10.9 Å². The Kier molecular flexibility index (Phi) is 2.28. The predicted molar refractivity (Wildman–Crippen MR) is 63.2 cm³/mol. The first kappa shape index (κ1) is 10.5. The van der Waals surface area contributed by atoms with Gasteiger partial charge in [-0.1, -0.05) is 11.6 Å². The van der Waals surface area contributed by atoms with Crippen LogP contribution in [0.15, 0.2) is 24.4 Å². The normalized spacial score (nSPS) is 12.3.